The van der Waals surface area contributed by atoms with Crippen molar-refractivity contribution in [1.82, 2.24) is 10.6 Å². The maximum atomic E-state index is 13.5. The molecule has 0 radical (unpaired) electrons. The minimum Gasteiger partial charge on any atom is -0.488 e. The van der Waals surface area contributed by atoms with E-state index >= 15 is 0 Å². The summed E-state index contributed by atoms with van der Waals surface area (Å²) in [5, 5.41) is 6.25. The van der Waals surface area contributed by atoms with Crippen molar-refractivity contribution in [2.45, 2.75) is 32.2 Å². The van der Waals surface area contributed by atoms with E-state index in [4.69, 9.17) is 4.74 Å². The summed E-state index contributed by atoms with van der Waals surface area (Å²) in [6, 6.07) is 2.95. The van der Waals surface area contributed by atoms with Gasteiger partial charge in [-0.15, -0.1) is 12.4 Å². The molecule has 0 aromatic heterocycles. The molecule has 1 aromatic rings. The van der Waals surface area contributed by atoms with Crippen LogP contribution in [0.25, 0.3) is 0 Å². The van der Waals surface area contributed by atoms with Gasteiger partial charge in [-0.3, -0.25) is 4.79 Å². The van der Waals surface area contributed by atoms with Crippen molar-refractivity contribution in [3.8, 4) is 5.75 Å². The van der Waals surface area contributed by atoms with Crippen LogP contribution in [0, 0.1) is 23.0 Å². The van der Waals surface area contributed by atoms with Gasteiger partial charge in [0.15, 0.2) is 11.6 Å². The molecule has 2 fully saturated rings. The first kappa shape index (κ1) is 18.9. The zero-order chi connectivity index (χ0) is 16.4. The molecule has 0 bridgehead atoms. The van der Waals surface area contributed by atoms with Crippen LogP contribution in [0.2, 0.25) is 0 Å². The van der Waals surface area contributed by atoms with E-state index in [1.165, 1.54) is 6.07 Å². The largest absolute Gasteiger partial charge is 0.488 e. The number of nitrogens with one attached hydrogen (secondary N) is 2. The Morgan fingerprint density at radius 3 is 2.79 bits per heavy atom. The van der Waals surface area contributed by atoms with Gasteiger partial charge >= 0.3 is 0 Å². The lowest BCUT2D eigenvalue weighted by Gasteiger charge is -2.23. The second kappa shape index (κ2) is 7.66. The van der Waals surface area contributed by atoms with E-state index in [1.807, 2.05) is 6.92 Å². The Labute approximate surface area is 146 Å². The molecule has 24 heavy (non-hydrogen) atoms. The van der Waals surface area contributed by atoms with Gasteiger partial charge in [-0.2, -0.15) is 0 Å². The molecular formula is C17H23ClF2N2O2. The zero-order valence-corrected chi connectivity index (χ0v) is 14.4. The fourth-order valence-electron chi connectivity index (χ4n) is 3.39. The van der Waals surface area contributed by atoms with Crippen molar-refractivity contribution in [2.75, 3.05) is 19.7 Å². The standard InChI is InChI=1S/C17H22F2N2O2.ClH/c1-11(10-23-15-3-2-12(18)8-14(15)19)21-16(22)13-9-17(13)4-6-20-7-5-17;/h2-3,8,11,13,20H,4-7,9-10H2,1H3,(H,21,22);1H. The molecule has 2 atom stereocenters. The molecule has 1 amide bonds. The highest BCUT2D eigenvalue weighted by atomic mass is 35.5. The number of carbonyl (C=O) groups is 1. The Morgan fingerprint density at radius 1 is 1.42 bits per heavy atom. The van der Waals surface area contributed by atoms with Crippen LogP contribution in [0.3, 0.4) is 0 Å². The summed E-state index contributed by atoms with van der Waals surface area (Å²) in [5.41, 5.74) is 0.193. The average molecular weight is 361 g/mol. The summed E-state index contributed by atoms with van der Waals surface area (Å²) in [7, 11) is 0. The summed E-state index contributed by atoms with van der Waals surface area (Å²) in [4.78, 5) is 12.3. The van der Waals surface area contributed by atoms with Crippen molar-refractivity contribution in [1.29, 1.82) is 0 Å². The number of rotatable bonds is 5. The highest BCUT2D eigenvalue weighted by Gasteiger charge is 2.57. The summed E-state index contributed by atoms with van der Waals surface area (Å²) >= 11 is 0. The van der Waals surface area contributed by atoms with Crippen molar-refractivity contribution < 1.29 is 18.3 Å². The predicted molar refractivity (Wildman–Crippen MR) is 89.3 cm³/mol. The summed E-state index contributed by atoms with van der Waals surface area (Å²) < 4.78 is 31.6. The second-order valence-corrected chi connectivity index (χ2v) is 6.66. The van der Waals surface area contributed by atoms with Gasteiger partial charge in [0.1, 0.15) is 12.4 Å². The molecule has 1 aromatic carbocycles. The number of benzene rings is 1. The normalized spacial score (nSPS) is 22.4. The van der Waals surface area contributed by atoms with E-state index in [9.17, 15) is 13.6 Å². The van der Waals surface area contributed by atoms with Crippen LogP contribution in [-0.2, 0) is 4.79 Å². The highest BCUT2D eigenvalue weighted by molar-refractivity contribution is 5.85. The van der Waals surface area contributed by atoms with Gasteiger partial charge in [0, 0.05) is 12.0 Å². The van der Waals surface area contributed by atoms with Crippen molar-refractivity contribution in [3.05, 3.63) is 29.8 Å². The van der Waals surface area contributed by atoms with Crippen molar-refractivity contribution in [3.63, 3.8) is 0 Å². The quantitative estimate of drug-likeness (QED) is 0.848. The first-order chi connectivity index (χ1) is 11.0. The Balaban J connectivity index is 0.00000208. The summed E-state index contributed by atoms with van der Waals surface area (Å²) in [6.45, 7) is 3.92. The topological polar surface area (TPSA) is 50.4 Å². The SMILES string of the molecule is CC(COc1ccc(F)cc1F)NC(=O)C1CC12CCNCC2.Cl. The number of hydrogen-bond acceptors (Lipinski definition) is 3. The number of carbonyl (C=O) groups excluding carboxylic acids is 1. The average Bonchev–Trinajstić information content (AvgIpc) is 3.20. The lowest BCUT2D eigenvalue weighted by atomic mass is 9.91. The van der Waals surface area contributed by atoms with Gasteiger partial charge in [0.25, 0.3) is 0 Å². The molecule has 3 rings (SSSR count). The van der Waals surface area contributed by atoms with Gasteiger partial charge in [-0.05, 0) is 56.8 Å². The molecule has 1 saturated heterocycles. The van der Waals surface area contributed by atoms with Crippen LogP contribution in [0.15, 0.2) is 18.2 Å². The minimum atomic E-state index is -0.737. The Bertz CT molecular complexity index is 594. The fraction of sp³-hybridized carbons (Fsp3) is 0.588. The van der Waals surface area contributed by atoms with Crippen LogP contribution < -0.4 is 15.4 Å². The van der Waals surface area contributed by atoms with Crippen molar-refractivity contribution >= 4 is 18.3 Å². The summed E-state index contributed by atoms with van der Waals surface area (Å²) in [5.74, 6) is -1.23. The molecule has 1 saturated carbocycles. The number of amides is 1. The maximum absolute atomic E-state index is 13.5. The van der Waals surface area contributed by atoms with E-state index < -0.39 is 11.6 Å². The number of piperidine rings is 1. The van der Waals surface area contributed by atoms with Gasteiger partial charge in [-0.25, -0.2) is 8.78 Å². The second-order valence-electron chi connectivity index (χ2n) is 6.66. The third-order valence-electron chi connectivity index (χ3n) is 4.88. The molecule has 1 aliphatic carbocycles. The zero-order valence-electron chi connectivity index (χ0n) is 13.6. The Kier molecular flexibility index (Phi) is 6.04. The van der Waals surface area contributed by atoms with Crippen LogP contribution in [0.4, 0.5) is 8.78 Å². The summed E-state index contributed by atoms with van der Waals surface area (Å²) in [6.07, 6.45) is 3.06. The minimum absolute atomic E-state index is 0. The number of ether oxygens (including phenoxy) is 1. The maximum Gasteiger partial charge on any atom is 0.224 e. The molecular weight excluding hydrogens is 338 g/mol. The molecule has 7 heteroatoms. The predicted octanol–water partition coefficient (Wildman–Crippen LogP) is 2.66. The van der Waals surface area contributed by atoms with Crippen LogP contribution >= 0.6 is 12.4 Å². The Morgan fingerprint density at radius 2 is 2.12 bits per heavy atom. The third kappa shape index (κ3) is 4.16. The Hall–Kier alpha value is -1.40. The molecule has 2 aliphatic rings. The first-order valence-electron chi connectivity index (χ1n) is 8.09. The van der Waals surface area contributed by atoms with E-state index in [0.717, 1.165) is 44.5 Å². The van der Waals surface area contributed by atoms with E-state index in [0.29, 0.717) is 0 Å². The fourth-order valence-corrected chi connectivity index (χ4v) is 3.39. The van der Waals surface area contributed by atoms with Crippen LogP contribution in [-0.4, -0.2) is 31.6 Å². The molecule has 2 unspecified atom stereocenters. The lowest BCUT2D eigenvalue weighted by molar-refractivity contribution is -0.124. The van der Waals surface area contributed by atoms with E-state index in [2.05, 4.69) is 10.6 Å². The van der Waals surface area contributed by atoms with Gasteiger partial charge < -0.3 is 15.4 Å². The molecule has 4 nitrogen and oxygen atoms in total. The first-order valence-corrected chi connectivity index (χ1v) is 8.09. The van der Waals surface area contributed by atoms with Gasteiger partial charge in [-0.1, -0.05) is 0 Å². The third-order valence-corrected chi connectivity index (χ3v) is 4.88. The molecule has 2 N–H and O–H groups in total. The lowest BCUT2D eigenvalue weighted by Crippen LogP contribution is -2.40. The van der Waals surface area contributed by atoms with E-state index in [-0.39, 0.29) is 48.0 Å². The number of hydrogen-bond donors (Lipinski definition) is 2. The van der Waals surface area contributed by atoms with Crippen LogP contribution in [0.5, 0.6) is 5.75 Å². The van der Waals surface area contributed by atoms with Crippen molar-refractivity contribution in [2.24, 2.45) is 11.3 Å². The van der Waals surface area contributed by atoms with Gasteiger partial charge in [0.2, 0.25) is 5.91 Å². The monoisotopic (exact) mass is 360 g/mol. The van der Waals surface area contributed by atoms with Gasteiger partial charge in [0.05, 0.1) is 6.04 Å². The van der Waals surface area contributed by atoms with Crippen LogP contribution in [0.1, 0.15) is 26.2 Å². The molecule has 1 spiro atoms. The molecule has 1 heterocycles. The molecule has 1 aliphatic heterocycles. The van der Waals surface area contributed by atoms with E-state index in [1.54, 1.807) is 0 Å². The smallest absolute Gasteiger partial charge is 0.224 e. The molecule has 134 valence electrons. The number of halogens is 3. The highest BCUT2D eigenvalue weighted by Crippen LogP contribution is 2.58.